The minimum Gasteiger partial charge on any atom is -0.507 e. The fourth-order valence-corrected chi connectivity index (χ4v) is 5.35. The third kappa shape index (κ3) is 3.24. The molecule has 1 N–H and O–H groups in total. The van der Waals surface area contributed by atoms with Crippen molar-refractivity contribution in [3.05, 3.63) is 76.7 Å². The maximum Gasteiger partial charge on any atom is 0.302 e. The van der Waals surface area contributed by atoms with Gasteiger partial charge in [-0.25, -0.2) is 4.98 Å². The molecule has 0 bridgehead atoms. The first kappa shape index (κ1) is 20.8. The Morgan fingerprint density at radius 2 is 1.91 bits per heavy atom. The lowest BCUT2D eigenvalue weighted by atomic mass is 9.99. The number of ketones is 1. The molecule has 1 atom stereocenters. The molecule has 8 nitrogen and oxygen atoms in total. The predicted molar refractivity (Wildman–Crippen MR) is 126 cm³/mol. The van der Waals surface area contributed by atoms with Gasteiger partial charge in [-0.05, 0) is 48.5 Å². The average molecular weight is 495 g/mol. The van der Waals surface area contributed by atoms with Gasteiger partial charge in [0.2, 0.25) is 0 Å². The minimum absolute atomic E-state index is 0.103. The van der Waals surface area contributed by atoms with Gasteiger partial charge >= 0.3 is 5.91 Å². The van der Waals surface area contributed by atoms with Crippen molar-refractivity contribution in [1.29, 1.82) is 0 Å². The number of nitrogens with zero attached hydrogens (tertiary/aromatic N) is 2. The highest BCUT2D eigenvalue weighted by Gasteiger charge is 2.49. The number of anilines is 1. The molecule has 1 saturated heterocycles. The molecule has 0 radical (unpaired) electrons. The van der Waals surface area contributed by atoms with E-state index in [0.29, 0.717) is 51.7 Å². The maximum atomic E-state index is 13.2. The number of carbonyl (C=O) groups excluding carboxylic acids is 2. The number of rotatable bonds is 3. The van der Waals surface area contributed by atoms with Crippen molar-refractivity contribution in [2.75, 3.05) is 18.1 Å². The number of thiazole rings is 1. The monoisotopic (exact) mass is 494 g/mol. The van der Waals surface area contributed by atoms with E-state index in [1.165, 1.54) is 22.5 Å². The van der Waals surface area contributed by atoms with Crippen LogP contribution in [0.4, 0.5) is 5.13 Å². The van der Waals surface area contributed by atoms with E-state index in [2.05, 4.69) is 4.98 Å². The molecular weight excluding hydrogens is 480 g/mol. The molecule has 0 spiro atoms. The van der Waals surface area contributed by atoms with Gasteiger partial charge in [0, 0.05) is 10.6 Å². The number of hydrogen-bond acceptors (Lipinski definition) is 8. The fourth-order valence-electron chi connectivity index (χ4n) is 4.08. The summed E-state index contributed by atoms with van der Waals surface area (Å²) in [6, 6.07) is 12.3. The summed E-state index contributed by atoms with van der Waals surface area (Å²) in [6.07, 6.45) is 1.44. The van der Waals surface area contributed by atoms with Crippen LogP contribution in [0.25, 0.3) is 16.0 Å². The van der Waals surface area contributed by atoms with Crippen molar-refractivity contribution in [2.45, 2.75) is 6.04 Å². The molecule has 170 valence electrons. The van der Waals surface area contributed by atoms with E-state index in [1.54, 1.807) is 48.5 Å². The predicted octanol–water partition coefficient (Wildman–Crippen LogP) is 4.94. The highest BCUT2D eigenvalue weighted by Crippen LogP contribution is 2.45. The van der Waals surface area contributed by atoms with Crippen LogP contribution in [0.2, 0.25) is 5.02 Å². The second-order valence-electron chi connectivity index (χ2n) is 7.65. The van der Waals surface area contributed by atoms with Crippen LogP contribution in [0.1, 0.15) is 17.4 Å². The second-order valence-corrected chi connectivity index (χ2v) is 9.10. The number of amides is 1. The molecule has 1 unspecified atom stereocenters. The molecule has 0 saturated carbocycles. The number of aromatic nitrogens is 1. The zero-order valence-electron chi connectivity index (χ0n) is 17.4. The van der Waals surface area contributed by atoms with E-state index in [1.807, 2.05) is 0 Å². The van der Waals surface area contributed by atoms with Crippen LogP contribution in [0.15, 0.2) is 64.8 Å². The first-order valence-electron chi connectivity index (χ1n) is 10.3. The normalized spacial score (nSPS) is 19.2. The van der Waals surface area contributed by atoms with Crippen molar-refractivity contribution in [3.8, 4) is 11.5 Å². The molecule has 2 aliphatic rings. The number of aliphatic hydroxyl groups is 1. The highest BCUT2D eigenvalue weighted by molar-refractivity contribution is 7.22. The highest BCUT2D eigenvalue weighted by atomic mass is 35.5. The van der Waals surface area contributed by atoms with Crippen LogP contribution < -0.4 is 14.4 Å². The smallest absolute Gasteiger partial charge is 0.302 e. The number of halogens is 1. The van der Waals surface area contributed by atoms with E-state index in [-0.39, 0.29) is 11.3 Å². The number of furan rings is 1. The molecule has 1 amide bonds. The van der Waals surface area contributed by atoms with Gasteiger partial charge in [-0.15, -0.1) is 0 Å². The molecule has 4 aromatic rings. The quantitative estimate of drug-likeness (QED) is 0.244. The Morgan fingerprint density at radius 1 is 1.09 bits per heavy atom. The van der Waals surface area contributed by atoms with Crippen LogP contribution in [-0.2, 0) is 9.59 Å². The molecule has 2 aromatic heterocycles. The van der Waals surface area contributed by atoms with Gasteiger partial charge in [-0.3, -0.25) is 14.5 Å². The van der Waals surface area contributed by atoms with Gasteiger partial charge < -0.3 is 19.0 Å². The Balaban J connectivity index is 1.52. The summed E-state index contributed by atoms with van der Waals surface area (Å²) >= 11 is 7.32. The van der Waals surface area contributed by atoms with Gasteiger partial charge in [0.25, 0.3) is 5.78 Å². The third-order valence-electron chi connectivity index (χ3n) is 5.62. The molecule has 34 heavy (non-hydrogen) atoms. The van der Waals surface area contributed by atoms with Crippen LogP contribution >= 0.6 is 22.9 Å². The Hall–Kier alpha value is -3.82. The third-order valence-corrected chi connectivity index (χ3v) is 6.87. The number of ether oxygens (including phenoxy) is 2. The number of hydrogen-bond donors (Lipinski definition) is 1. The Bertz CT molecular complexity index is 1490. The summed E-state index contributed by atoms with van der Waals surface area (Å²) in [5.41, 5.74) is 0.847. The van der Waals surface area contributed by atoms with Gasteiger partial charge in [-0.1, -0.05) is 22.9 Å². The van der Waals surface area contributed by atoms with Crippen molar-refractivity contribution in [3.63, 3.8) is 0 Å². The number of carbonyl (C=O) groups is 2. The molecule has 0 aliphatic carbocycles. The lowest BCUT2D eigenvalue weighted by Crippen LogP contribution is -2.29. The molecular formula is C24H15ClN2O6S. The summed E-state index contributed by atoms with van der Waals surface area (Å²) in [5.74, 6) is -0.697. The van der Waals surface area contributed by atoms with Crippen LogP contribution in [0, 0.1) is 0 Å². The van der Waals surface area contributed by atoms with E-state index in [4.69, 9.17) is 25.5 Å². The molecule has 1 fully saturated rings. The maximum absolute atomic E-state index is 13.2. The number of aliphatic hydroxyl groups excluding tert-OH is 1. The van der Waals surface area contributed by atoms with Gasteiger partial charge in [0.1, 0.15) is 30.8 Å². The summed E-state index contributed by atoms with van der Waals surface area (Å²) < 4.78 is 17.5. The largest absolute Gasteiger partial charge is 0.507 e. The molecule has 2 aliphatic heterocycles. The first-order chi connectivity index (χ1) is 16.5. The zero-order valence-corrected chi connectivity index (χ0v) is 18.9. The Morgan fingerprint density at radius 3 is 2.71 bits per heavy atom. The van der Waals surface area contributed by atoms with Gasteiger partial charge in [-0.2, -0.15) is 0 Å². The molecule has 4 heterocycles. The Kier molecular flexibility index (Phi) is 4.82. The zero-order chi connectivity index (χ0) is 23.4. The van der Waals surface area contributed by atoms with Crippen molar-refractivity contribution < 1.29 is 28.6 Å². The fraction of sp³-hybridized carbons (Fsp3) is 0.125. The SMILES string of the molecule is O=C1C(=O)N(c2nc3ccc(Cl)cc3s2)C(c2ccco2)C1=C(O)c1ccc2c(c1)OCCO2. The van der Waals surface area contributed by atoms with Gasteiger partial charge in [0.15, 0.2) is 16.6 Å². The van der Waals surface area contributed by atoms with Crippen molar-refractivity contribution in [2.24, 2.45) is 0 Å². The second kappa shape index (κ2) is 7.89. The molecule has 10 heteroatoms. The summed E-state index contributed by atoms with van der Waals surface area (Å²) in [6.45, 7) is 0.797. The van der Waals surface area contributed by atoms with Crippen molar-refractivity contribution >= 4 is 55.7 Å². The van der Waals surface area contributed by atoms with E-state index < -0.39 is 17.7 Å². The number of Topliss-reactive ketones (excluding diaryl/α,β-unsaturated/α-hetero) is 1. The molecule has 2 aromatic carbocycles. The lowest BCUT2D eigenvalue weighted by molar-refractivity contribution is -0.132. The van der Waals surface area contributed by atoms with E-state index in [9.17, 15) is 14.7 Å². The van der Waals surface area contributed by atoms with Gasteiger partial charge in [0.05, 0.1) is 22.1 Å². The molecule has 6 rings (SSSR count). The van der Waals surface area contributed by atoms with Crippen molar-refractivity contribution in [1.82, 2.24) is 4.98 Å². The standard InChI is InChI=1S/C24H15ClN2O6S/c25-13-4-5-14-18(11-13)34-24(26-14)27-20(16-2-1-7-31-16)19(22(29)23(27)30)21(28)12-3-6-15-17(10-12)33-9-8-32-15/h1-7,10-11,20,28H,8-9H2. The van der Waals surface area contributed by atoms with Crippen LogP contribution in [0.5, 0.6) is 11.5 Å². The van der Waals surface area contributed by atoms with Crippen LogP contribution in [-0.4, -0.2) is 35.0 Å². The van der Waals surface area contributed by atoms with E-state index in [0.717, 1.165) is 4.70 Å². The first-order valence-corrected chi connectivity index (χ1v) is 11.5. The average Bonchev–Trinajstić information content (AvgIpc) is 3.57. The number of benzene rings is 2. The number of fused-ring (bicyclic) bond motifs is 2. The van der Waals surface area contributed by atoms with E-state index >= 15 is 0 Å². The van der Waals surface area contributed by atoms with Crippen LogP contribution in [0.3, 0.4) is 0 Å². The Labute approximate surface area is 201 Å². The topological polar surface area (TPSA) is 102 Å². The summed E-state index contributed by atoms with van der Waals surface area (Å²) in [4.78, 5) is 32.2. The minimum atomic E-state index is -1.00. The summed E-state index contributed by atoms with van der Waals surface area (Å²) in [7, 11) is 0. The summed E-state index contributed by atoms with van der Waals surface area (Å²) in [5, 5.41) is 12.1. The lowest BCUT2D eigenvalue weighted by Gasteiger charge is -2.21.